The Morgan fingerprint density at radius 1 is 1.23 bits per heavy atom. The van der Waals surface area contributed by atoms with Gasteiger partial charge in [0.2, 0.25) is 0 Å². The molecular formula is C21H22FN5O3. The summed E-state index contributed by atoms with van der Waals surface area (Å²) in [7, 11) is 3.40. The van der Waals surface area contributed by atoms with Crippen LogP contribution in [0, 0.1) is 22.9 Å². The van der Waals surface area contributed by atoms with E-state index in [2.05, 4.69) is 10.4 Å². The van der Waals surface area contributed by atoms with E-state index >= 15 is 0 Å². The fourth-order valence-corrected chi connectivity index (χ4v) is 3.24. The number of hydrogen-bond donors (Lipinski definition) is 1. The molecule has 0 saturated heterocycles. The summed E-state index contributed by atoms with van der Waals surface area (Å²) in [4.78, 5) is 25.2. The van der Waals surface area contributed by atoms with Crippen LogP contribution in [0.1, 0.15) is 34.6 Å². The first-order chi connectivity index (χ1) is 14.2. The minimum absolute atomic E-state index is 0.138. The molecule has 30 heavy (non-hydrogen) atoms. The standard InChI is InChI=1S/C21H22FN5O3/c1-13(18-12-23-26(14(18)2)17-8-6-16(22)7-9-17)24-21(28)15-5-10-19(25(3)4)20(11-15)27(29)30/h5-13H,1-4H3,(H,24,28)/t13-/m1/s1. The van der Waals surface area contributed by atoms with Gasteiger partial charge >= 0.3 is 0 Å². The number of aromatic nitrogens is 2. The molecule has 0 radical (unpaired) electrons. The van der Waals surface area contributed by atoms with Crippen LogP contribution in [0.4, 0.5) is 15.8 Å². The molecular weight excluding hydrogens is 389 g/mol. The van der Waals surface area contributed by atoms with E-state index in [-0.39, 0.29) is 23.1 Å². The number of nitrogens with zero attached hydrogens (tertiary/aromatic N) is 4. The average molecular weight is 411 g/mol. The Morgan fingerprint density at radius 3 is 2.50 bits per heavy atom. The van der Waals surface area contributed by atoms with Gasteiger partial charge in [0, 0.05) is 37.0 Å². The van der Waals surface area contributed by atoms with Crippen LogP contribution in [0.3, 0.4) is 0 Å². The summed E-state index contributed by atoms with van der Waals surface area (Å²) in [6, 6.07) is 9.93. The first kappa shape index (κ1) is 21.0. The van der Waals surface area contributed by atoms with Crippen molar-refractivity contribution in [1.82, 2.24) is 15.1 Å². The largest absolute Gasteiger partial charge is 0.372 e. The Hall–Kier alpha value is -3.75. The lowest BCUT2D eigenvalue weighted by molar-refractivity contribution is -0.384. The Kier molecular flexibility index (Phi) is 5.81. The smallest absolute Gasteiger partial charge is 0.293 e. The van der Waals surface area contributed by atoms with Crippen molar-refractivity contribution in [3.8, 4) is 5.69 Å². The molecule has 0 bridgehead atoms. The molecule has 1 atom stereocenters. The van der Waals surface area contributed by atoms with Crippen molar-refractivity contribution in [2.24, 2.45) is 0 Å². The van der Waals surface area contributed by atoms with Gasteiger partial charge in [-0.05, 0) is 50.2 Å². The maximum absolute atomic E-state index is 13.2. The van der Waals surface area contributed by atoms with E-state index in [0.717, 1.165) is 11.3 Å². The number of halogens is 1. The fourth-order valence-electron chi connectivity index (χ4n) is 3.24. The number of amides is 1. The molecule has 1 aromatic heterocycles. The summed E-state index contributed by atoms with van der Waals surface area (Å²) in [5, 5.41) is 18.5. The van der Waals surface area contributed by atoms with Crippen LogP contribution in [0.25, 0.3) is 5.69 Å². The van der Waals surface area contributed by atoms with Gasteiger partial charge in [0.15, 0.2) is 0 Å². The molecule has 0 unspecified atom stereocenters. The number of carbonyl (C=O) groups excluding carboxylic acids is 1. The highest BCUT2D eigenvalue weighted by Gasteiger charge is 2.21. The monoisotopic (exact) mass is 411 g/mol. The molecule has 1 N–H and O–H groups in total. The van der Waals surface area contributed by atoms with Gasteiger partial charge in [-0.1, -0.05) is 0 Å². The molecule has 3 rings (SSSR count). The number of benzene rings is 2. The minimum atomic E-state index is -0.508. The van der Waals surface area contributed by atoms with Crippen molar-refractivity contribution in [2.45, 2.75) is 19.9 Å². The molecule has 1 heterocycles. The molecule has 0 aliphatic carbocycles. The summed E-state index contributed by atoms with van der Waals surface area (Å²) in [6.07, 6.45) is 1.64. The van der Waals surface area contributed by atoms with Crippen LogP contribution in [-0.2, 0) is 0 Å². The highest BCUT2D eigenvalue weighted by atomic mass is 19.1. The topological polar surface area (TPSA) is 93.3 Å². The van der Waals surface area contributed by atoms with Crippen molar-refractivity contribution in [3.05, 3.63) is 81.4 Å². The zero-order valence-corrected chi connectivity index (χ0v) is 17.1. The minimum Gasteiger partial charge on any atom is -0.372 e. The molecule has 8 nitrogen and oxygen atoms in total. The molecule has 0 fully saturated rings. The van der Waals surface area contributed by atoms with Gasteiger partial charge in [-0.2, -0.15) is 5.10 Å². The van der Waals surface area contributed by atoms with Gasteiger partial charge in [0.1, 0.15) is 11.5 Å². The van der Waals surface area contributed by atoms with Gasteiger partial charge < -0.3 is 10.2 Å². The normalized spacial score (nSPS) is 11.8. The van der Waals surface area contributed by atoms with Crippen molar-refractivity contribution in [1.29, 1.82) is 0 Å². The van der Waals surface area contributed by atoms with Crippen LogP contribution in [-0.4, -0.2) is 34.7 Å². The lowest BCUT2D eigenvalue weighted by Crippen LogP contribution is -2.27. The number of anilines is 1. The van der Waals surface area contributed by atoms with E-state index in [9.17, 15) is 19.3 Å². The molecule has 156 valence electrons. The number of nitro groups is 1. The molecule has 9 heteroatoms. The number of hydrogen-bond acceptors (Lipinski definition) is 5. The zero-order chi connectivity index (χ0) is 22.0. The molecule has 2 aromatic carbocycles. The molecule has 0 aliphatic heterocycles. The molecule has 0 aliphatic rings. The quantitative estimate of drug-likeness (QED) is 0.492. The predicted molar refractivity (Wildman–Crippen MR) is 112 cm³/mol. The second-order valence-corrected chi connectivity index (χ2v) is 7.12. The number of nitro benzene ring substituents is 1. The summed E-state index contributed by atoms with van der Waals surface area (Å²) >= 11 is 0. The van der Waals surface area contributed by atoms with Crippen LogP contribution in [0.15, 0.2) is 48.7 Å². The maximum atomic E-state index is 13.2. The third-order valence-corrected chi connectivity index (χ3v) is 4.85. The summed E-state index contributed by atoms with van der Waals surface area (Å²) < 4.78 is 14.8. The lowest BCUT2D eigenvalue weighted by atomic mass is 10.1. The third kappa shape index (κ3) is 4.14. The van der Waals surface area contributed by atoms with Gasteiger partial charge in [0.05, 0.1) is 22.8 Å². The average Bonchev–Trinajstić information content (AvgIpc) is 3.09. The Morgan fingerprint density at radius 2 is 1.90 bits per heavy atom. The van der Waals surface area contributed by atoms with E-state index in [1.54, 1.807) is 61.1 Å². The van der Waals surface area contributed by atoms with Crippen LogP contribution >= 0.6 is 0 Å². The van der Waals surface area contributed by atoms with E-state index < -0.39 is 10.8 Å². The van der Waals surface area contributed by atoms with E-state index in [1.807, 2.05) is 6.92 Å². The number of nitrogens with one attached hydrogen (secondary N) is 1. The van der Waals surface area contributed by atoms with Crippen molar-refractivity contribution >= 4 is 17.3 Å². The van der Waals surface area contributed by atoms with Gasteiger partial charge in [-0.15, -0.1) is 0 Å². The summed E-state index contributed by atoms with van der Waals surface area (Å²) in [5.41, 5.74) is 2.76. The second kappa shape index (κ2) is 8.32. The SMILES string of the molecule is Cc1c([C@@H](C)NC(=O)c2ccc(N(C)C)c([N+](=O)[O-])c2)cnn1-c1ccc(F)cc1. The fraction of sp³-hybridized carbons (Fsp3) is 0.238. The highest BCUT2D eigenvalue weighted by molar-refractivity contribution is 5.96. The second-order valence-electron chi connectivity index (χ2n) is 7.12. The first-order valence-corrected chi connectivity index (χ1v) is 9.26. The molecule has 1 amide bonds. The number of carbonyl (C=O) groups is 1. The Balaban J connectivity index is 1.82. The van der Waals surface area contributed by atoms with Gasteiger partial charge in [-0.25, -0.2) is 9.07 Å². The highest BCUT2D eigenvalue weighted by Crippen LogP contribution is 2.28. The van der Waals surface area contributed by atoms with Crippen LogP contribution in [0.5, 0.6) is 0 Å². The van der Waals surface area contributed by atoms with Crippen molar-refractivity contribution < 1.29 is 14.1 Å². The summed E-state index contributed by atoms with van der Waals surface area (Å²) in [5.74, 6) is -0.761. The first-order valence-electron chi connectivity index (χ1n) is 9.26. The van der Waals surface area contributed by atoms with Crippen molar-refractivity contribution in [3.63, 3.8) is 0 Å². The van der Waals surface area contributed by atoms with Gasteiger partial charge in [0.25, 0.3) is 11.6 Å². The van der Waals surface area contributed by atoms with E-state index in [4.69, 9.17) is 0 Å². The lowest BCUT2D eigenvalue weighted by Gasteiger charge is -2.16. The maximum Gasteiger partial charge on any atom is 0.293 e. The number of rotatable bonds is 6. The van der Waals surface area contributed by atoms with Crippen LogP contribution < -0.4 is 10.2 Å². The van der Waals surface area contributed by atoms with E-state index in [0.29, 0.717) is 11.4 Å². The van der Waals surface area contributed by atoms with Crippen LogP contribution in [0.2, 0.25) is 0 Å². The Bertz CT molecular complexity index is 1090. The van der Waals surface area contributed by atoms with Crippen molar-refractivity contribution in [2.75, 3.05) is 19.0 Å². The summed E-state index contributed by atoms with van der Waals surface area (Å²) in [6.45, 7) is 3.66. The van der Waals surface area contributed by atoms with Gasteiger partial charge in [-0.3, -0.25) is 14.9 Å². The zero-order valence-electron chi connectivity index (χ0n) is 17.1. The molecule has 0 saturated carbocycles. The molecule has 3 aromatic rings. The van der Waals surface area contributed by atoms with E-state index in [1.165, 1.54) is 18.2 Å². The Labute approximate surface area is 173 Å². The molecule has 0 spiro atoms. The predicted octanol–water partition coefficient (Wildman–Crippen LogP) is 3.79. The third-order valence-electron chi connectivity index (χ3n) is 4.85.